The maximum Gasteiger partial charge on any atom is 0.263 e. The minimum atomic E-state index is -0.308. The molecule has 1 amide bonds. The second-order valence-electron chi connectivity index (χ2n) is 8.17. The summed E-state index contributed by atoms with van der Waals surface area (Å²) in [6.07, 6.45) is 1.53. The van der Waals surface area contributed by atoms with Crippen LogP contribution in [-0.4, -0.2) is 25.6 Å². The van der Waals surface area contributed by atoms with E-state index in [1.165, 1.54) is 6.20 Å². The Kier molecular flexibility index (Phi) is 5.88. The first kappa shape index (κ1) is 22.5. The van der Waals surface area contributed by atoms with E-state index in [2.05, 4.69) is 20.4 Å². The van der Waals surface area contributed by atoms with Crippen LogP contribution in [0.5, 0.6) is 0 Å². The summed E-state index contributed by atoms with van der Waals surface area (Å²) in [6.45, 7) is 3.72. The molecule has 3 aromatic heterocycles. The van der Waals surface area contributed by atoms with Gasteiger partial charge in [-0.2, -0.15) is 4.98 Å². The zero-order valence-corrected chi connectivity index (χ0v) is 19.7. The fourth-order valence-electron chi connectivity index (χ4n) is 3.71. The van der Waals surface area contributed by atoms with Gasteiger partial charge in [0.1, 0.15) is 17.8 Å². The summed E-state index contributed by atoms with van der Waals surface area (Å²) in [4.78, 5) is 35.1. The van der Waals surface area contributed by atoms with E-state index in [1.54, 1.807) is 41.0 Å². The van der Waals surface area contributed by atoms with Gasteiger partial charge in [-0.15, -0.1) is 0 Å². The summed E-state index contributed by atoms with van der Waals surface area (Å²) in [5, 5.41) is 7.71. The maximum atomic E-state index is 13.3. The number of benzene rings is 2. The van der Waals surface area contributed by atoms with E-state index >= 15 is 0 Å². The zero-order valence-electron chi connectivity index (χ0n) is 18.9. The Balaban J connectivity index is 1.55. The van der Waals surface area contributed by atoms with E-state index < -0.39 is 0 Å². The Hall–Kier alpha value is -4.30. The second kappa shape index (κ2) is 9.15. The van der Waals surface area contributed by atoms with Crippen molar-refractivity contribution in [3.05, 3.63) is 93.4 Å². The van der Waals surface area contributed by atoms with Crippen LogP contribution in [0.15, 0.2) is 76.2 Å². The number of hydrogen-bond donors (Lipinski definition) is 1. The number of anilines is 1. The number of nitrogens with zero attached hydrogens (tertiary/aromatic N) is 4. The maximum absolute atomic E-state index is 13.3. The van der Waals surface area contributed by atoms with Crippen molar-refractivity contribution in [2.45, 2.75) is 20.4 Å². The van der Waals surface area contributed by atoms with Crippen LogP contribution >= 0.6 is 11.6 Å². The van der Waals surface area contributed by atoms with Gasteiger partial charge in [0, 0.05) is 28.2 Å². The van der Waals surface area contributed by atoms with Gasteiger partial charge in [0.2, 0.25) is 17.2 Å². The molecule has 1 N–H and O–H groups in total. The van der Waals surface area contributed by atoms with E-state index in [0.717, 1.165) is 11.1 Å². The average molecular weight is 486 g/mol. The largest absolute Gasteiger partial charge is 0.333 e. The summed E-state index contributed by atoms with van der Waals surface area (Å²) >= 11 is 6.02. The number of aryl methyl sites for hydroxylation is 2. The molecule has 9 heteroatoms. The zero-order chi connectivity index (χ0) is 24.5. The fraction of sp³-hybridized carbons (Fsp3) is 0.115. The first-order valence-electron chi connectivity index (χ1n) is 10.8. The predicted molar refractivity (Wildman–Crippen MR) is 134 cm³/mol. The van der Waals surface area contributed by atoms with Crippen LogP contribution in [0.1, 0.15) is 11.3 Å². The molecule has 0 unspecified atom stereocenters. The third-order valence-corrected chi connectivity index (χ3v) is 5.68. The van der Waals surface area contributed by atoms with Crippen LogP contribution in [0.25, 0.3) is 33.9 Å². The predicted octanol–water partition coefficient (Wildman–Crippen LogP) is 5.02. The van der Waals surface area contributed by atoms with Crippen molar-refractivity contribution in [1.82, 2.24) is 19.7 Å². The minimum absolute atomic E-state index is 0.0667. The Bertz CT molecular complexity index is 1620. The molecule has 0 bridgehead atoms. The van der Waals surface area contributed by atoms with E-state index in [-0.39, 0.29) is 29.3 Å². The monoisotopic (exact) mass is 485 g/mol. The molecule has 0 saturated heterocycles. The molecule has 8 nitrogen and oxygen atoms in total. The normalized spacial score (nSPS) is 11.1. The third-order valence-electron chi connectivity index (χ3n) is 5.45. The van der Waals surface area contributed by atoms with Gasteiger partial charge in [-0.05, 0) is 44.2 Å². The molecule has 0 radical (unpaired) electrons. The lowest BCUT2D eigenvalue weighted by atomic mass is 10.1. The van der Waals surface area contributed by atoms with Crippen molar-refractivity contribution in [2.24, 2.45) is 0 Å². The summed E-state index contributed by atoms with van der Waals surface area (Å²) in [7, 11) is 0. The molecular formula is C26H20ClN5O3. The number of aromatic nitrogens is 4. The standard InChI is InChI=1S/C26H20ClN5O3/c1-15-6-9-17(10-7-15)24-30-26(35-31-24)21-13-32(25-20(23(21)34)11-8-16(2)28-25)14-22(33)29-19-5-3-4-18(27)12-19/h3-13H,14H2,1-2H3,(H,29,33). The van der Waals surface area contributed by atoms with E-state index in [1.807, 2.05) is 38.1 Å². The van der Waals surface area contributed by atoms with E-state index in [0.29, 0.717) is 33.3 Å². The number of halogens is 1. The van der Waals surface area contributed by atoms with Gasteiger partial charge in [-0.3, -0.25) is 9.59 Å². The Morgan fingerprint density at radius 3 is 2.63 bits per heavy atom. The first-order valence-corrected chi connectivity index (χ1v) is 11.2. The number of rotatable bonds is 5. The Labute approximate surface area is 205 Å². The lowest BCUT2D eigenvalue weighted by Crippen LogP contribution is -2.22. The third kappa shape index (κ3) is 4.69. The smallest absolute Gasteiger partial charge is 0.263 e. The highest BCUT2D eigenvalue weighted by Crippen LogP contribution is 2.23. The van der Waals surface area contributed by atoms with Crippen LogP contribution in [0.2, 0.25) is 5.02 Å². The quantitative estimate of drug-likeness (QED) is 0.375. The average Bonchev–Trinajstić information content (AvgIpc) is 3.31. The molecule has 174 valence electrons. The van der Waals surface area contributed by atoms with Gasteiger partial charge in [-0.1, -0.05) is 52.7 Å². The summed E-state index contributed by atoms with van der Waals surface area (Å²) in [5.41, 5.74) is 3.42. The van der Waals surface area contributed by atoms with Crippen molar-refractivity contribution >= 4 is 34.2 Å². The molecular weight excluding hydrogens is 466 g/mol. The molecule has 0 atom stereocenters. The molecule has 0 fully saturated rings. The molecule has 2 aromatic carbocycles. The topological polar surface area (TPSA) is 103 Å². The second-order valence-corrected chi connectivity index (χ2v) is 8.61. The summed E-state index contributed by atoms with van der Waals surface area (Å²) in [5.74, 6) is 0.126. The molecule has 5 rings (SSSR count). The minimum Gasteiger partial charge on any atom is -0.333 e. The van der Waals surface area contributed by atoms with Crippen molar-refractivity contribution in [2.75, 3.05) is 5.32 Å². The molecule has 35 heavy (non-hydrogen) atoms. The summed E-state index contributed by atoms with van der Waals surface area (Å²) in [6, 6.07) is 18.0. The van der Waals surface area contributed by atoms with E-state index in [4.69, 9.17) is 16.1 Å². The number of nitrogens with one attached hydrogen (secondary N) is 1. The molecule has 5 aromatic rings. The lowest BCUT2D eigenvalue weighted by Gasteiger charge is -2.12. The van der Waals surface area contributed by atoms with Gasteiger partial charge in [0.25, 0.3) is 5.89 Å². The molecule has 0 spiro atoms. The number of pyridine rings is 2. The SMILES string of the molecule is Cc1ccc(-c2noc(-c3cn(CC(=O)Nc4cccc(Cl)c4)c4nc(C)ccc4c3=O)n2)cc1. The number of hydrogen-bond acceptors (Lipinski definition) is 6. The van der Waals surface area contributed by atoms with Crippen LogP contribution in [0, 0.1) is 13.8 Å². The van der Waals surface area contributed by atoms with Gasteiger partial charge < -0.3 is 14.4 Å². The molecule has 0 aliphatic heterocycles. The van der Waals surface area contributed by atoms with Gasteiger partial charge in [0.15, 0.2) is 0 Å². The van der Waals surface area contributed by atoms with Crippen molar-refractivity contribution in [1.29, 1.82) is 0 Å². The number of fused-ring (bicyclic) bond motifs is 1. The molecule has 3 heterocycles. The fourth-order valence-corrected chi connectivity index (χ4v) is 3.90. The first-order chi connectivity index (χ1) is 16.9. The van der Waals surface area contributed by atoms with E-state index in [9.17, 15) is 9.59 Å². The lowest BCUT2D eigenvalue weighted by molar-refractivity contribution is -0.116. The Morgan fingerprint density at radius 2 is 1.86 bits per heavy atom. The van der Waals surface area contributed by atoms with Gasteiger partial charge >= 0.3 is 0 Å². The summed E-state index contributed by atoms with van der Waals surface area (Å²) < 4.78 is 7.05. The van der Waals surface area contributed by atoms with Crippen LogP contribution in [0.3, 0.4) is 0 Å². The van der Waals surface area contributed by atoms with Crippen LogP contribution in [0.4, 0.5) is 5.69 Å². The van der Waals surface area contributed by atoms with Gasteiger partial charge in [0.05, 0.1) is 5.39 Å². The van der Waals surface area contributed by atoms with Gasteiger partial charge in [-0.25, -0.2) is 4.98 Å². The van der Waals surface area contributed by atoms with Crippen molar-refractivity contribution < 1.29 is 9.32 Å². The van der Waals surface area contributed by atoms with Crippen molar-refractivity contribution in [3.8, 4) is 22.8 Å². The highest BCUT2D eigenvalue weighted by atomic mass is 35.5. The van der Waals surface area contributed by atoms with Crippen LogP contribution in [-0.2, 0) is 11.3 Å². The van der Waals surface area contributed by atoms with Crippen molar-refractivity contribution in [3.63, 3.8) is 0 Å². The number of carbonyl (C=O) groups is 1. The number of amides is 1. The molecule has 0 aliphatic rings. The molecule has 0 aliphatic carbocycles. The number of carbonyl (C=O) groups excluding carboxylic acids is 1. The highest BCUT2D eigenvalue weighted by molar-refractivity contribution is 6.30. The highest BCUT2D eigenvalue weighted by Gasteiger charge is 2.19. The molecule has 0 saturated carbocycles. The van der Waals surface area contributed by atoms with Crippen LogP contribution < -0.4 is 10.7 Å². The Morgan fingerprint density at radius 1 is 1.06 bits per heavy atom.